The summed E-state index contributed by atoms with van der Waals surface area (Å²) in [6.45, 7) is 6.27. The standard InChI is InChI=1S/C58H92O6/c1-4-7-10-13-16-19-22-24-26-28-29-31-32-34-36-39-42-45-48-51-57(60)63-54-55(53-62-56(59)50-47-44-41-38-21-18-15-12-9-6-3)64-58(61)52-49-46-43-40-37-35-33-30-27-25-23-20-17-14-11-8-5-2/h7-8,10-11,15-20,24-27,29,31,33,35,40,43,55H,4-6,9,12-14,21-23,28,30,32,34,36-39,41-42,44-54H2,1-3H3/b10-7-,11-8-,18-15-,19-16-,20-17-,26-24-,27-25-,31-29-,35-33-,43-40-. The molecule has 0 saturated carbocycles. The molecule has 0 aliphatic carbocycles. The Morgan fingerprint density at radius 1 is 0.328 bits per heavy atom. The summed E-state index contributed by atoms with van der Waals surface area (Å²) in [4.78, 5) is 37.9. The summed E-state index contributed by atoms with van der Waals surface area (Å²) in [7, 11) is 0. The Morgan fingerprint density at radius 2 is 0.625 bits per heavy atom. The van der Waals surface area contributed by atoms with Crippen LogP contribution in [-0.2, 0) is 28.6 Å². The lowest BCUT2D eigenvalue weighted by Crippen LogP contribution is -2.30. The van der Waals surface area contributed by atoms with Gasteiger partial charge in [0.05, 0.1) is 0 Å². The van der Waals surface area contributed by atoms with Gasteiger partial charge in [0, 0.05) is 19.3 Å². The topological polar surface area (TPSA) is 78.9 Å². The fraction of sp³-hybridized carbons (Fsp3) is 0.603. The number of rotatable bonds is 44. The van der Waals surface area contributed by atoms with Crippen LogP contribution in [0, 0.1) is 0 Å². The fourth-order valence-corrected chi connectivity index (χ4v) is 6.39. The van der Waals surface area contributed by atoms with Crippen LogP contribution in [0.3, 0.4) is 0 Å². The molecule has 0 amide bonds. The first-order chi connectivity index (χ1) is 31.5. The molecule has 0 aromatic heterocycles. The van der Waals surface area contributed by atoms with Crippen molar-refractivity contribution in [3.63, 3.8) is 0 Å². The molecular formula is C58H92O6. The van der Waals surface area contributed by atoms with E-state index in [1.54, 1.807) is 0 Å². The molecule has 0 aliphatic rings. The number of carbonyl (C=O) groups excluding carboxylic acids is 3. The van der Waals surface area contributed by atoms with Gasteiger partial charge in [0.1, 0.15) is 13.2 Å². The smallest absolute Gasteiger partial charge is 0.306 e. The maximum Gasteiger partial charge on any atom is 0.306 e. The highest BCUT2D eigenvalue weighted by Gasteiger charge is 2.19. The lowest BCUT2D eigenvalue weighted by molar-refractivity contribution is -0.167. The Bertz CT molecular complexity index is 1390. The van der Waals surface area contributed by atoms with Crippen molar-refractivity contribution in [2.75, 3.05) is 13.2 Å². The number of ether oxygens (including phenoxy) is 3. The molecular weight excluding hydrogens is 793 g/mol. The average molecular weight is 885 g/mol. The van der Waals surface area contributed by atoms with Gasteiger partial charge < -0.3 is 14.2 Å². The second-order valence-corrected chi connectivity index (χ2v) is 16.3. The summed E-state index contributed by atoms with van der Waals surface area (Å²) in [5.41, 5.74) is 0. The molecule has 0 radical (unpaired) electrons. The average Bonchev–Trinajstić information content (AvgIpc) is 3.29. The zero-order valence-corrected chi connectivity index (χ0v) is 41.0. The van der Waals surface area contributed by atoms with Crippen LogP contribution in [0.5, 0.6) is 0 Å². The van der Waals surface area contributed by atoms with Gasteiger partial charge in [-0.1, -0.05) is 194 Å². The minimum atomic E-state index is -0.821. The summed E-state index contributed by atoms with van der Waals surface area (Å²) in [6.07, 6.45) is 70.5. The number of hydrogen-bond acceptors (Lipinski definition) is 6. The van der Waals surface area contributed by atoms with Crippen molar-refractivity contribution in [3.8, 4) is 0 Å². The van der Waals surface area contributed by atoms with Crippen LogP contribution in [0.25, 0.3) is 0 Å². The largest absolute Gasteiger partial charge is 0.462 e. The first-order valence-corrected chi connectivity index (χ1v) is 25.5. The molecule has 0 fully saturated rings. The Morgan fingerprint density at radius 3 is 1.02 bits per heavy atom. The van der Waals surface area contributed by atoms with Gasteiger partial charge >= 0.3 is 17.9 Å². The molecule has 0 aromatic carbocycles. The maximum absolute atomic E-state index is 12.8. The van der Waals surface area contributed by atoms with Crippen molar-refractivity contribution in [2.45, 2.75) is 213 Å². The third-order valence-corrected chi connectivity index (χ3v) is 10.2. The number of hydrogen-bond donors (Lipinski definition) is 0. The van der Waals surface area contributed by atoms with Crippen LogP contribution in [0.4, 0.5) is 0 Å². The van der Waals surface area contributed by atoms with Gasteiger partial charge in [-0.15, -0.1) is 0 Å². The predicted molar refractivity (Wildman–Crippen MR) is 274 cm³/mol. The highest BCUT2D eigenvalue weighted by atomic mass is 16.6. The lowest BCUT2D eigenvalue weighted by atomic mass is 10.1. The Kier molecular flexibility index (Phi) is 48.1. The van der Waals surface area contributed by atoms with Crippen LogP contribution < -0.4 is 0 Å². The maximum atomic E-state index is 12.8. The van der Waals surface area contributed by atoms with E-state index < -0.39 is 6.10 Å². The minimum absolute atomic E-state index is 0.115. The molecule has 6 nitrogen and oxygen atoms in total. The molecule has 0 aliphatic heterocycles. The van der Waals surface area contributed by atoms with Crippen LogP contribution >= 0.6 is 0 Å². The molecule has 1 atom stereocenters. The molecule has 0 rings (SSSR count). The Labute approximate surface area is 392 Å². The van der Waals surface area contributed by atoms with Crippen LogP contribution in [-0.4, -0.2) is 37.2 Å². The van der Waals surface area contributed by atoms with E-state index in [-0.39, 0.29) is 37.5 Å². The second-order valence-electron chi connectivity index (χ2n) is 16.3. The van der Waals surface area contributed by atoms with Crippen LogP contribution in [0.1, 0.15) is 207 Å². The quantitative estimate of drug-likeness (QED) is 0.0262. The van der Waals surface area contributed by atoms with E-state index in [4.69, 9.17) is 14.2 Å². The zero-order chi connectivity index (χ0) is 46.5. The third-order valence-electron chi connectivity index (χ3n) is 10.2. The number of unbranched alkanes of at least 4 members (excludes halogenated alkanes) is 13. The number of carbonyl (C=O) groups is 3. The molecule has 0 heterocycles. The predicted octanol–water partition coefficient (Wildman–Crippen LogP) is 16.9. The van der Waals surface area contributed by atoms with Gasteiger partial charge in [0.25, 0.3) is 0 Å². The SMILES string of the molecule is CC/C=C\C/C=C\C/C=C\C/C=C\C/C=C\CCCC(=O)OC(COC(=O)CCCCCC/C=C\CCCC)COC(=O)CCCCCCCC/C=C\C/C=C\C/C=C\C/C=C\CC. The van der Waals surface area contributed by atoms with Crippen LogP contribution in [0.15, 0.2) is 122 Å². The molecule has 360 valence electrons. The van der Waals surface area contributed by atoms with Crippen molar-refractivity contribution >= 4 is 17.9 Å². The van der Waals surface area contributed by atoms with Gasteiger partial charge in [0.2, 0.25) is 0 Å². The highest BCUT2D eigenvalue weighted by Crippen LogP contribution is 2.12. The normalized spacial score (nSPS) is 13.1. The lowest BCUT2D eigenvalue weighted by Gasteiger charge is -2.18. The molecule has 0 aromatic rings. The van der Waals surface area contributed by atoms with E-state index in [1.165, 1.54) is 25.7 Å². The summed E-state index contributed by atoms with van der Waals surface area (Å²) < 4.78 is 16.7. The second kappa shape index (κ2) is 51.4. The number of allylic oxidation sites excluding steroid dienone is 20. The highest BCUT2D eigenvalue weighted by molar-refractivity contribution is 5.71. The van der Waals surface area contributed by atoms with Gasteiger partial charge in [-0.3, -0.25) is 14.4 Å². The van der Waals surface area contributed by atoms with Gasteiger partial charge in [-0.25, -0.2) is 0 Å². The molecule has 0 saturated heterocycles. The molecule has 0 N–H and O–H groups in total. The van der Waals surface area contributed by atoms with Crippen molar-refractivity contribution in [1.82, 2.24) is 0 Å². The summed E-state index contributed by atoms with van der Waals surface area (Å²) >= 11 is 0. The molecule has 0 spiro atoms. The fourth-order valence-electron chi connectivity index (χ4n) is 6.39. The minimum Gasteiger partial charge on any atom is -0.462 e. The van der Waals surface area contributed by atoms with E-state index in [2.05, 4.69) is 142 Å². The summed E-state index contributed by atoms with van der Waals surface area (Å²) in [6, 6.07) is 0. The zero-order valence-electron chi connectivity index (χ0n) is 41.0. The van der Waals surface area contributed by atoms with E-state index in [0.717, 1.165) is 135 Å². The summed E-state index contributed by atoms with van der Waals surface area (Å²) in [5, 5.41) is 0. The monoisotopic (exact) mass is 885 g/mol. The van der Waals surface area contributed by atoms with Crippen molar-refractivity contribution in [1.29, 1.82) is 0 Å². The number of esters is 3. The van der Waals surface area contributed by atoms with Crippen molar-refractivity contribution < 1.29 is 28.6 Å². The van der Waals surface area contributed by atoms with E-state index in [9.17, 15) is 14.4 Å². The first-order valence-electron chi connectivity index (χ1n) is 25.5. The van der Waals surface area contributed by atoms with Gasteiger partial charge in [-0.2, -0.15) is 0 Å². The molecule has 1 unspecified atom stereocenters. The Hall–Kier alpha value is -4.19. The van der Waals surface area contributed by atoms with E-state index in [1.807, 2.05) is 0 Å². The van der Waals surface area contributed by atoms with Gasteiger partial charge in [-0.05, 0) is 116 Å². The van der Waals surface area contributed by atoms with E-state index >= 15 is 0 Å². The molecule has 64 heavy (non-hydrogen) atoms. The molecule has 0 bridgehead atoms. The Balaban J connectivity index is 4.49. The first kappa shape index (κ1) is 59.8. The van der Waals surface area contributed by atoms with Crippen molar-refractivity contribution in [3.05, 3.63) is 122 Å². The van der Waals surface area contributed by atoms with Crippen LogP contribution in [0.2, 0.25) is 0 Å². The van der Waals surface area contributed by atoms with Crippen molar-refractivity contribution in [2.24, 2.45) is 0 Å². The van der Waals surface area contributed by atoms with E-state index in [0.29, 0.717) is 19.3 Å². The molecule has 6 heteroatoms. The summed E-state index contributed by atoms with van der Waals surface area (Å²) in [5.74, 6) is -1.01. The van der Waals surface area contributed by atoms with Gasteiger partial charge in [0.15, 0.2) is 6.10 Å². The third kappa shape index (κ3) is 48.8.